The van der Waals surface area contributed by atoms with Gasteiger partial charge in [-0.1, -0.05) is 217 Å². The van der Waals surface area contributed by atoms with Crippen LogP contribution in [0.4, 0.5) is 5.69 Å². The van der Waals surface area contributed by atoms with Gasteiger partial charge in [0.2, 0.25) is 5.56 Å². The fourth-order valence-corrected chi connectivity index (χ4v) is 6.50. The summed E-state index contributed by atoms with van der Waals surface area (Å²) < 4.78 is 0. The topological polar surface area (TPSA) is 118 Å². The van der Waals surface area contributed by atoms with Crippen molar-refractivity contribution in [2.75, 3.05) is 11.9 Å². The minimum atomic E-state index is -0.0521. The Balaban J connectivity index is 0.000000426. The third-order valence-corrected chi connectivity index (χ3v) is 9.64. The molecule has 0 saturated carbocycles. The SMILES string of the molecule is C1=Cc2ccccc2NC1.CC.CC.CC.CC.CC.CC.O=c1[nH]ccc2ccccc12.O=c1ccc2ccccc2[nH]1.c1ccc2c[nH+]ccc2c1.c1ccc2cnccc2c1.c1ccc2ncccc2c1. The van der Waals surface area contributed by atoms with Crippen LogP contribution in [0.3, 0.4) is 0 Å². The summed E-state index contributed by atoms with van der Waals surface area (Å²) in [5.41, 5.74) is 4.40. The maximum atomic E-state index is 11.1. The summed E-state index contributed by atoms with van der Waals surface area (Å²) in [6.45, 7) is 25.0. The van der Waals surface area contributed by atoms with Gasteiger partial charge < -0.3 is 15.3 Å². The Kier molecular flexibility index (Phi) is 35.3. The number of H-pyrrole nitrogens is 3. The largest absolute Gasteiger partial charge is 0.381 e. The number of para-hydroxylation sites is 3. The molecule has 1 aliphatic rings. The second kappa shape index (κ2) is 41.2. The quantitative estimate of drug-likeness (QED) is 0.140. The monoisotopic (exact) mass is 990 g/mol. The highest BCUT2D eigenvalue weighted by Gasteiger charge is 1.99. The molecule has 11 aromatic rings. The van der Waals surface area contributed by atoms with E-state index in [1.165, 1.54) is 44.2 Å². The molecule has 12 rings (SSSR count). The second-order valence-corrected chi connectivity index (χ2v) is 13.9. The Morgan fingerprint density at radius 1 is 0.459 bits per heavy atom. The summed E-state index contributed by atoms with van der Waals surface area (Å²) in [5, 5.41) is 12.2. The van der Waals surface area contributed by atoms with Crippen molar-refractivity contribution in [3.63, 3.8) is 0 Å². The molecule has 386 valence electrons. The van der Waals surface area contributed by atoms with E-state index < -0.39 is 0 Å². The number of benzene rings is 6. The Hall–Kier alpha value is -8.49. The van der Waals surface area contributed by atoms with Crippen LogP contribution in [0.2, 0.25) is 0 Å². The summed E-state index contributed by atoms with van der Waals surface area (Å²) in [6, 6.07) is 61.4. The highest BCUT2D eigenvalue weighted by atomic mass is 16.1. The lowest BCUT2D eigenvalue weighted by Crippen LogP contribution is -2.03. The van der Waals surface area contributed by atoms with E-state index in [1.54, 1.807) is 6.20 Å². The minimum Gasteiger partial charge on any atom is -0.381 e. The van der Waals surface area contributed by atoms with Crippen LogP contribution in [-0.4, -0.2) is 26.5 Å². The first kappa shape index (κ1) is 63.5. The van der Waals surface area contributed by atoms with E-state index in [-0.39, 0.29) is 11.1 Å². The zero-order valence-electron chi connectivity index (χ0n) is 45.9. The molecular weight excluding hydrogens is 909 g/mol. The van der Waals surface area contributed by atoms with Crippen LogP contribution in [0.5, 0.6) is 0 Å². The fraction of sp³-hybridized carbons (Fsp3) is 0.197. The molecule has 0 amide bonds. The first-order valence-corrected chi connectivity index (χ1v) is 26.2. The van der Waals surface area contributed by atoms with Crippen LogP contribution < -0.4 is 21.4 Å². The van der Waals surface area contributed by atoms with E-state index in [1.807, 2.05) is 235 Å². The molecule has 0 fully saturated rings. The molecule has 0 spiro atoms. The van der Waals surface area contributed by atoms with E-state index in [0.717, 1.165) is 33.7 Å². The molecule has 0 saturated heterocycles. The molecule has 6 aromatic carbocycles. The smallest absolute Gasteiger partial charge is 0.255 e. The van der Waals surface area contributed by atoms with Gasteiger partial charge in [0.15, 0.2) is 12.4 Å². The Bertz CT molecular complexity index is 2910. The molecule has 0 aliphatic carbocycles. The third kappa shape index (κ3) is 22.7. The first-order chi connectivity index (χ1) is 36.6. The number of aromatic nitrogens is 5. The van der Waals surface area contributed by atoms with E-state index in [2.05, 4.69) is 103 Å². The number of hydrogen-bond donors (Lipinski definition) is 3. The number of aromatic amines is 3. The molecule has 5 aromatic heterocycles. The van der Waals surface area contributed by atoms with E-state index in [9.17, 15) is 9.59 Å². The first-order valence-electron chi connectivity index (χ1n) is 26.2. The van der Waals surface area contributed by atoms with Gasteiger partial charge in [0, 0.05) is 70.8 Å². The van der Waals surface area contributed by atoms with Crippen LogP contribution in [0.15, 0.2) is 241 Å². The van der Waals surface area contributed by atoms with E-state index in [4.69, 9.17) is 0 Å². The zero-order chi connectivity index (χ0) is 54.6. The van der Waals surface area contributed by atoms with Crippen LogP contribution in [0.25, 0.3) is 60.2 Å². The molecule has 6 heterocycles. The number of hydrogen-bond acceptors (Lipinski definition) is 5. The number of pyridine rings is 5. The predicted octanol–water partition coefficient (Wildman–Crippen LogP) is 17.5. The molecule has 74 heavy (non-hydrogen) atoms. The van der Waals surface area contributed by atoms with Gasteiger partial charge in [0.25, 0.3) is 5.56 Å². The van der Waals surface area contributed by atoms with Crippen molar-refractivity contribution in [1.29, 1.82) is 0 Å². The van der Waals surface area contributed by atoms with Crippen LogP contribution in [0.1, 0.15) is 88.6 Å². The maximum Gasteiger partial charge on any atom is 0.255 e. The van der Waals surface area contributed by atoms with E-state index in [0.29, 0.717) is 0 Å². The van der Waals surface area contributed by atoms with Gasteiger partial charge in [-0.15, -0.1) is 0 Å². The van der Waals surface area contributed by atoms with Crippen molar-refractivity contribution in [3.8, 4) is 0 Å². The molecule has 0 unspecified atom stereocenters. The van der Waals surface area contributed by atoms with Gasteiger partial charge in [-0.25, -0.2) is 4.98 Å². The Morgan fingerprint density at radius 2 is 1.01 bits per heavy atom. The molecule has 0 radical (unpaired) electrons. The third-order valence-electron chi connectivity index (χ3n) is 9.64. The molecule has 1 aliphatic heterocycles. The van der Waals surface area contributed by atoms with Gasteiger partial charge in [-0.05, 0) is 87.1 Å². The van der Waals surface area contributed by atoms with Crippen molar-refractivity contribution in [1.82, 2.24) is 19.9 Å². The van der Waals surface area contributed by atoms with Crippen molar-refractivity contribution >= 4 is 65.9 Å². The van der Waals surface area contributed by atoms with Gasteiger partial charge in [0.05, 0.1) is 5.52 Å². The van der Waals surface area contributed by atoms with Crippen LogP contribution in [0, 0.1) is 0 Å². The molecule has 0 bridgehead atoms. The predicted molar refractivity (Wildman–Crippen MR) is 325 cm³/mol. The van der Waals surface area contributed by atoms with Crippen LogP contribution in [-0.2, 0) is 0 Å². The number of nitrogens with zero attached hydrogens (tertiary/aromatic N) is 2. The molecule has 8 nitrogen and oxygen atoms in total. The van der Waals surface area contributed by atoms with Crippen molar-refractivity contribution in [2.45, 2.75) is 83.1 Å². The zero-order valence-corrected chi connectivity index (χ0v) is 45.9. The van der Waals surface area contributed by atoms with Gasteiger partial charge in [0.1, 0.15) is 0 Å². The van der Waals surface area contributed by atoms with Gasteiger partial charge >= 0.3 is 0 Å². The lowest BCUT2D eigenvalue weighted by molar-refractivity contribution is -0.375. The highest BCUT2D eigenvalue weighted by molar-refractivity contribution is 5.82. The number of fused-ring (bicyclic) bond motifs is 6. The minimum absolute atomic E-state index is 0.0249. The molecular formula is C66H81N6O2+. The standard InChI is InChI=1S/2C9H7NO.C9H9N.3C9H7N.6C2H6/c11-9-8-4-2-1-3-7(8)5-6-10-9;11-9-6-5-7-3-1-2-4-8(7)10-9;2*1-2-6-9-8(4-1)5-3-7-10-9;2*1-2-4-9-7-10-6-5-8(9)3-1;6*1-2/h2*1-6H,(H,10,11);1-6,10H,7H2;3*1-7H;6*1-2H3/p+1. The Morgan fingerprint density at radius 3 is 1.66 bits per heavy atom. The normalized spacial score (nSPS) is 9.46. The van der Waals surface area contributed by atoms with Crippen LogP contribution >= 0.6 is 0 Å². The summed E-state index contributed by atoms with van der Waals surface area (Å²) in [5.74, 6) is 0. The highest BCUT2D eigenvalue weighted by Crippen LogP contribution is 2.19. The van der Waals surface area contributed by atoms with Crippen molar-refractivity contribution < 1.29 is 4.98 Å². The van der Waals surface area contributed by atoms with E-state index >= 15 is 0 Å². The van der Waals surface area contributed by atoms with Gasteiger partial charge in [-0.3, -0.25) is 19.6 Å². The number of anilines is 1. The second-order valence-electron chi connectivity index (χ2n) is 13.9. The van der Waals surface area contributed by atoms with Gasteiger partial charge in [-0.2, -0.15) is 0 Å². The number of rotatable bonds is 0. The molecule has 8 heteroatoms. The molecule has 4 N–H and O–H groups in total. The summed E-state index contributed by atoms with van der Waals surface area (Å²) in [7, 11) is 0. The average molecular weight is 990 g/mol. The maximum absolute atomic E-state index is 11.1. The summed E-state index contributed by atoms with van der Waals surface area (Å²) in [6.07, 6.45) is 15.3. The molecule has 0 atom stereocenters. The number of nitrogens with one attached hydrogen (secondary N) is 4. The average Bonchev–Trinajstić information content (AvgIpc) is 3.51. The Labute approximate surface area is 441 Å². The van der Waals surface area contributed by atoms with Crippen molar-refractivity contribution in [2.24, 2.45) is 0 Å². The van der Waals surface area contributed by atoms with Crippen molar-refractivity contribution in [3.05, 3.63) is 258 Å². The summed E-state index contributed by atoms with van der Waals surface area (Å²) >= 11 is 0. The summed E-state index contributed by atoms with van der Waals surface area (Å²) in [4.78, 5) is 38.5. The lowest BCUT2D eigenvalue weighted by Gasteiger charge is -2.11. The lowest BCUT2D eigenvalue weighted by atomic mass is 10.1. The fourth-order valence-electron chi connectivity index (χ4n) is 6.50.